The van der Waals surface area contributed by atoms with Crippen molar-refractivity contribution in [1.29, 1.82) is 0 Å². The van der Waals surface area contributed by atoms with Crippen LogP contribution in [0.25, 0.3) is 0 Å². The van der Waals surface area contributed by atoms with E-state index in [1.165, 1.54) is 37.5 Å². The molecule has 3 rings (SSSR count). The molecule has 7 heteroatoms. The Bertz CT molecular complexity index is 736. The highest BCUT2D eigenvalue weighted by Crippen LogP contribution is 2.20. The van der Waals surface area contributed by atoms with Gasteiger partial charge in [0.2, 0.25) is 5.91 Å². The number of amides is 2. The number of hydrogen-bond donors (Lipinski definition) is 2. The van der Waals surface area contributed by atoms with Gasteiger partial charge in [0.25, 0.3) is 5.91 Å². The summed E-state index contributed by atoms with van der Waals surface area (Å²) < 4.78 is 0. The van der Waals surface area contributed by atoms with Crippen molar-refractivity contribution in [1.82, 2.24) is 9.88 Å². The number of anilines is 2. The molecule has 2 N–H and O–H groups in total. The van der Waals surface area contributed by atoms with E-state index in [0.29, 0.717) is 16.4 Å². The van der Waals surface area contributed by atoms with Crippen molar-refractivity contribution >= 4 is 34.0 Å². The van der Waals surface area contributed by atoms with E-state index in [9.17, 15) is 9.59 Å². The van der Waals surface area contributed by atoms with Crippen molar-refractivity contribution in [2.75, 3.05) is 23.7 Å². The van der Waals surface area contributed by atoms with Crippen LogP contribution in [0.2, 0.25) is 0 Å². The van der Waals surface area contributed by atoms with Crippen molar-refractivity contribution in [3.05, 3.63) is 40.9 Å². The number of carbonyl (C=O) groups is 2. The van der Waals surface area contributed by atoms with Gasteiger partial charge in [0.1, 0.15) is 0 Å². The number of aromatic nitrogens is 1. The number of rotatable bonds is 5. The Morgan fingerprint density at radius 1 is 1.12 bits per heavy atom. The van der Waals surface area contributed by atoms with Gasteiger partial charge in [-0.1, -0.05) is 6.42 Å². The molecule has 1 saturated heterocycles. The van der Waals surface area contributed by atoms with E-state index >= 15 is 0 Å². The molecule has 6 nitrogen and oxygen atoms in total. The largest absolute Gasteiger partial charge is 0.326 e. The Labute approximate surface area is 151 Å². The molecule has 1 aliphatic heterocycles. The zero-order chi connectivity index (χ0) is 17.6. The second-order valence-corrected chi connectivity index (χ2v) is 7.05. The summed E-state index contributed by atoms with van der Waals surface area (Å²) in [4.78, 5) is 30.2. The minimum Gasteiger partial charge on any atom is -0.326 e. The highest BCUT2D eigenvalue weighted by Gasteiger charge is 2.13. The Hall–Kier alpha value is -2.25. The molecule has 0 unspecified atom stereocenters. The molecule has 25 heavy (non-hydrogen) atoms. The van der Waals surface area contributed by atoms with Gasteiger partial charge in [-0.05, 0) is 50.2 Å². The molecule has 1 aromatic heterocycles. The average Bonchev–Trinajstić information content (AvgIpc) is 3.02. The van der Waals surface area contributed by atoms with Gasteiger partial charge in [-0.3, -0.25) is 19.8 Å². The van der Waals surface area contributed by atoms with Crippen molar-refractivity contribution < 1.29 is 9.59 Å². The van der Waals surface area contributed by atoms with E-state index in [0.717, 1.165) is 25.3 Å². The quantitative estimate of drug-likeness (QED) is 0.860. The Morgan fingerprint density at radius 2 is 1.84 bits per heavy atom. The molecule has 1 aromatic carbocycles. The van der Waals surface area contributed by atoms with Gasteiger partial charge in [0, 0.05) is 30.1 Å². The number of carbonyl (C=O) groups excluding carboxylic acids is 2. The molecule has 0 spiro atoms. The number of nitrogens with zero attached hydrogens (tertiary/aromatic N) is 2. The van der Waals surface area contributed by atoms with Crippen LogP contribution in [0.1, 0.15) is 42.2 Å². The number of nitrogens with one attached hydrogen (secondary N) is 2. The van der Waals surface area contributed by atoms with Crippen LogP contribution in [-0.2, 0) is 11.3 Å². The third-order valence-corrected chi connectivity index (χ3v) is 4.88. The van der Waals surface area contributed by atoms with Gasteiger partial charge in [-0.2, -0.15) is 0 Å². The molecular formula is C18H22N4O2S. The van der Waals surface area contributed by atoms with Crippen LogP contribution >= 0.6 is 11.3 Å². The SMILES string of the molecule is CC(=O)Nc1ccc(C(=O)Nc2nc(CN3CCCCC3)cs2)cc1. The predicted molar refractivity (Wildman–Crippen MR) is 99.9 cm³/mol. The predicted octanol–water partition coefficient (Wildman–Crippen LogP) is 3.34. The lowest BCUT2D eigenvalue weighted by Gasteiger charge is -2.25. The zero-order valence-electron chi connectivity index (χ0n) is 14.2. The van der Waals surface area contributed by atoms with Crippen LogP contribution in [0.5, 0.6) is 0 Å². The van der Waals surface area contributed by atoms with E-state index in [2.05, 4.69) is 20.5 Å². The van der Waals surface area contributed by atoms with Crippen molar-refractivity contribution in [2.24, 2.45) is 0 Å². The maximum absolute atomic E-state index is 12.3. The molecule has 2 heterocycles. The molecule has 0 bridgehead atoms. The highest BCUT2D eigenvalue weighted by molar-refractivity contribution is 7.13. The number of likely N-dealkylation sites (tertiary alicyclic amines) is 1. The molecule has 0 aliphatic carbocycles. The fraction of sp³-hybridized carbons (Fsp3) is 0.389. The van der Waals surface area contributed by atoms with Crippen molar-refractivity contribution in [3.8, 4) is 0 Å². The van der Waals surface area contributed by atoms with Gasteiger partial charge in [0.15, 0.2) is 5.13 Å². The topological polar surface area (TPSA) is 74.3 Å². The molecule has 0 saturated carbocycles. The lowest BCUT2D eigenvalue weighted by atomic mass is 10.1. The number of hydrogen-bond acceptors (Lipinski definition) is 5. The summed E-state index contributed by atoms with van der Waals surface area (Å²) in [5.74, 6) is -0.338. The van der Waals surface area contributed by atoms with Gasteiger partial charge >= 0.3 is 0 Å². The summed E-state index contributed by atoms with van der Waals surface area (Å²) in [6, 6.07) is 6.78. The van der Waals surface area contributed by atoms with Gasteiger partial charge < -0.3 is 5.32 Å². The van der Waals surface area contributed by atoms with Gasteiger partial charge in [-0.15, -0.1) is 11.3 Å². The lowest BCUT2D eigenvalue weighted by Crippen LogP contribution is -2.29. The first-order chi connectivity index (χ1) is 12.1. The normalized spacial score (nSPS) is 14.9. The van der Waals surface area contributed by atoms with Crippen LogP contribution in [-0.4, -0.2) is 34.8 Å². The molecule has 1 aliphatic rings. The molecule has 1 fully saturated rings. The van der Waals surface area contributed by atoms with Crippen LogP contribution in [0.3, 0.4) is 0 Å². The van der Waals surface area contributed by atoms with Crippen LogP contribution < -0.4 is 10.6 Å². The van der Waals surface area contributed by atoms with Gasteiger partial charge in [0.05, 0.1) is 5.69 Å². The van der Waals surface area contributed by atoms with Gasteiger partial charge in [-0.25, -0.2) is 4.98 Å². The summed E-state index contributed by atoms with van der Waals surface area (Å²) in [6.07, 6.45) is 3.82. The number of benzene rings is 1. The second kappa shape index (κ2) is 8.22. The molecule has 2 aromatic rings. The summed E-state index contributed by atoms with van der Waals surface area (Å²) >= 11 is 1.45. The second-order valence-electron chi connectivity index (χ2n) is 6.19. The zero-order valence-corrected chi connectivity index (χ0v) is 15.1. The first-order valence-electron chi connectivity index (χ1n) is 8.46. The molecular weight excluding hydrogens is 336 g/mol. The standard InChI is InChI=1S/C18H22N4O2S/c1-13(23)19-15-7-5-14(6-8-15)17(24)21-18-20-16(12-25-18)11-22-9-3-2-4-10-22/h5-8,12H,2-4,9-11H2,1H3,(H,19,23)(H,20,21,24). The third kappa shape index (κ3) is 5.11. The third-order valence-electron chi connectivity index (χ3n) is 4.07. The monoisotopic (exact) mass is 358 g/mol. The Morgan fingerprint density at radius 3 is 2.52 bits per heavy atom. The molecule has 0 radical (unpaired) electrons. The van der Waals surface area contributed by atoms with E-state index < -0.39 is 0 Å². The first kappa shape index (κ1) is 17.6. The molecule has 2 amide bonds. The Balaban J connectivity index is 1.56. The van der Waals surface area contributed by atoms with E-state index in [1.807, 2.05) is 5.38 Å². The van der Waals surface area contributed by atoms with Crippen LogP contribution in [0, 0.1) is 0 Å². The highest BCUT2D eigenvalue weighted by atomic mass is 32.1. The Kier molecular flexibility index (Phi) is 5.78. The smallest absolute Gasteiger partial charge is 0.257 e. The number of piperidine rings is 1. The lowest BCUT2D eigenvalue weighted by molar-refractivity contribution is -0.114. The van der Waals surface area contributed by atoms with Crippen molar-refractivity contribution in [3.63, 3.8) is 0 Å². The fourth-order valence-electron chi connectivity index (χ4n) is 2.86. The summed E-state index contributed by atoms with van der Waals surface area (Å²) in [5, 5.41) is 8.13. The maximum atomic E-state index is 12.3. The average molecular weight is 358 g/mol. The van der Waals surface area contributed by atoms with Crippen molar-refractivity contribution in [2.45, 2.75) is 32.7 Å². The number of thiazole rings is 1. The summed E-state index contributed by atoms with van der Waals surface area (Å²) in [6.45, 7) is 4.54. The van der Waals surface area contributed by atoms with E-state index in [-0.39, 0.29) is 11.8 Å². The maximum Gasteiger partial charge on any atom is 0.257 e. The van der Waals surface area contributed by atoms with E-state index in [4.69, 9.17) is 0 Å². The van der Waals surface area contributed by atoms with E-state index in [1.54, 1.807) is 24.3 Å². The molecule has 132 valence electrons. The summed E-state index contributed by atoms with van der Waals surface area (Å²) in [5.41, 5.74) is 2.20. The van der Waals surface area contributed by atoms with Crippen LogP contribution in [0.4, 0.5) is 10.8 Å². The molecule has 0 atom stereocenters. The minimum absolute atomic E-state index is 0.138. The summed E-state index contributed by atoms with van der Waals surface area (Å²) in [7, 11) is 0. The van der Waals surface area contributed by atoms with Crippen LogP contribution in [0.15, 0.2) is 29.6 Å². The fourth-order valence-corrected chi connectivity index (χ4v) is 3.56. The first-order valence-corrected chi connectivity index (χ1v) is 9.34. The minimum atomic E-state index is -0.201.